The van der Waals surface area contributed by atoms with Gasteiger partial charge in [0, 0.05) is 7.92 Å². The van der Waals surface area contributed by atoms with Crippen LogP contribution in [0.2, 0.25) is 0 Å². The molecule has 0 bridgehead atoms. The van der Waals surface area contributed by atoms with Crippen LogP contribution in [0.4, 0.5) is 0 Å². The molecule has 0 aromatic heterocycles. The summed E-state index contributed by atoms with van der Waals surface area (Å²) in [6, 6.07) is 25.0. The predicted octanol–water partition coefficient (Wildman–Crippen LogP) is 7.12. The van der Waals surface area contributed by atoms with Gasteiger partial charge < -0.3 is 12.5 Å². The SMILES string of the molecule is OC1(P(C2CCCCC2)C2CCCCC2)OO1.[CH3-].[Zr+3].[c-]1ccccc1.[c-]1ccccc1. The zero-order chi connectivity index (χ0) is 20.2. The molecule has 2 aliphatic carbocycles. The van der Waals surface area contributed by atoms with Crippen molar-refractivity contribution in [1.29, 1.82) is 0 Å². The average molecular weight is 519 g/mol. The number of hydrogen-bond acceptors (Lipinski definition) is 3. The summed E-state index contributed by atoms with van der Waals surface area (Å²) in [4.78, 5) is 9.90. The Balaban J connectivity index is 0.000000285. The smallest absolute Gasteiger partial charge is 0.358 e. The van der Waals surface area contributed by atoms with Crippen molar-refractivity contribution in [3.05, 3.63) is 80.2 Å². The molecule has 2 aromatic carbocycles. The van der Waals surface area contributed by atoms with Crippen molar-refractivity contribution in [2.75, 3.05) is 0 Å². The second kappa shape index (κ2) is 16.3. The molecule has 31 heavy (non-hydrogen) atoms. The van der Waals surface area contributed by atoms with Gasteiger partial charge in [-0.3, -0.25) is 0 Å². The summed E-state index contributed by atoms with van der Waals surface area (Å²) >= 11 is 0. The molecule has 0 spiro atoms. The number of benzene rings is 2. The monoisotopic (exact) mass is 517 g/mol. The van der Waals surface area contributed by atoms with Gasteiger partial charge in [-0.2, -0.15) is 82.6 Å². The molecule has 0 atom stereocenters. The van der Waals surface area contributed by atoms with E-state index in [0.29, 0.717) is 11.3 Å². The van der Waals surface area contributed by atoms with Gasteiger partial charge in [0.1, 0.15) is 0 Å². The second-order valence-electron chi connectivity index (χ2n) is 7.86. The Hall–Kier alpha value is -0.367. The number of hydrogen-bond donors (Lipinski definition) is 1. The van der Waals surface area contributed by atoms with E-state index in [4.69, 9.17) is 9.78 Å². The minimum Gasteiger partial charge on any atom is -0.358 e. The summed E-state index contributed by atoms with van der Waals surface area (Å²) in [5.41, 5.74) is 0.197. The van der Waals surface area contributed by atoms with Crippen molar-refractivity contribution in [1.82, 2.24) is 0 Å². The standard InChI is InChI=1S/C13H23O3P.2C6H5.CH3.Zr/c14-13(15-16-13)17(11-7-3-1-4-8-11)12-9-5-2-6-10-12;2*1-2-4-6-5-3-1;;/h11-12,14H,1-10H2;2*1-5H;1H3;/q;3*-1;+3. The topological polar surface area (TPSA) is 45.3 Å². The molecule has 1 heterocycles. The van der Waals surface area contributed by atoms with Crippen molar-refractivity contribution in [2.24, 2.45) is 0 Å². The van der Waals surface area contributed by atoms with Gasteiger partial charge in [-0.05, 0) is 37.0 Å². The van der Waals surface area contributed by atoms with Gasteiger partial charge in [0.25, 0.3) is 0 Å². The van der Waals surface area contributed by atoms with Crippen LogP contribution < -0.4 is 0 Å². The van der Waals surface area contributed by atoms with Gasteiger partial charge in [0.2, 0.25) is 0 Å². The third-order valence-electron chi connectivity index (χ3n) is 5.71. The maximum atomic E-state index is 10.3. The molecular formula is C26H36O3PZr. The Bertz CT molecular complexity index is 539. The molecular weight excluding hydrogens is 482 g/mol. The quantitative estimate of drug-likeness (QED) is 0.204. The van der Waals surface area contributed by atoms with Gasteiger partial charge in [-0.25, -0.2) is 0 Å². The van der Waals surface area contributed by atoms with E-state index in [-0.39, 0.29) is 33.6 Å². The zero-order valence-electron chi connectivity index (χ0n) is 18.7. The Labute approximate surface area is 209 Å². The molecule has 3 nitrogen and oxygen atoms in total. The van der Waals surface area contributed by atoms with Crippen molar-refractivity contribution < 1.29 is 41.1 Å². The summed E-state index contributed by atoms with van der Waals surface area (Å²) in [5.74, 6) is 0. The third-order valence-corrected chi connectivity index (χ3v) is 9.12. The van der Waals surface area contributed by atoms with Crippen LogP contribution in [0.3, 0.4) is 0 Å². The fourth-order valence-corrected chi connectivity index (χ4v) is 7.86. The first kappa shape index (κ1) is 28.7. The summed E-state index contributed by atoms with van der Waals surface area (Å²) in [7, 11) is -0.516. The summed E-state index contributed by atoms with van der Waals surface area (Å²) < 4.78 is 0. The minimum atomic E-state index is -1.15. The molecule has 5 heteroatoms. The molecule has 1 saturated heterocycles. The van der Waals surface area contributed by atoms with E-state index in [0.717, 1.165) is 0 Å². The number of aliphatic hydroxyl groups is 1. The van der Waals surface area contributed by atoms with Crippen molar-refractivity contribution in [3.8, 4) is 0 Å². The van der Waals surface area contributed by atoms with Gasteiger partial charge >= 0.3 is 31.9 Å². The first-order chi connectivity index (χ1) is 14.3. The first-order valence-corrected chi connectivity index (χ1v) is 12.5. The first-order valence-electron chi connectivity index (χ1n) is 11.0. The fourth-order valence-electron chi connectivity index (χ4n) is 4.29. The van der Waals surface area contributed by atoms with Gasteiger partial charge in [0.05, 0.1) is 0 Å². The summed E-state index contributed by atoms with van der Waals surface area (Å²) in [5, 5.41) is 10.3. The normalized spacial score (nSPS) is 19.9. The van der Waals surface area contributed by atoms with E-state index in [2.05, 4.69) is 12.1 Å². The summed E-state index contributed by atoms with van der Waals surface area (Å²) in [6.07, 6.45) is 13.1. The van der Waals surface area contributed by atoms with Crippen LogP contribution in [0, 0.1) is 19.6 Å². The third kappa shape index (κ3) is 10.4. The van der Waals surface area contributed by atoms with Gasteiger partial charge in [0.15, 0.2) is 0 Å². The van der Waals surface area contributed by atoms with E-state index < -0.39 is 13.6 Å². The molecule has 1 radical (unpaired) electrons. The van der Waals surface area contributed by atoms with Crippen LogP contribution in [-0.4, -0.2) is 22.1 Å². The molecule has 3 fully saturated rings. The van der Waals surface area contributed by atoms with E-state index in [1.807, 2.05) is 60.7 Å². The Morgan fingerprint density at radius 1 is 0.645 bits per heavy atom. The van der Waals surface area contributed by atoms with E-state index >= 15 is 0 Å². The van der Waals surface area contributed by atoms with E-state index in [1.165, 1.54) is 64.2 Å². The Morgan fingerprint density at radius 2 is 1.00 bits per heavy atom. The fraction of sp³-hybridized carbons (Fsp3) is 0.500. The van der Waals surface area contributed by atoms with Crippen LogP contribution in [0.1, 0.15) is 64.2 Å². The van der Waals surface area contributed by atoms with Gasteiger partial charge in [-0.15, -0.1) is 0 Å². The summed E-state index contributed by atoms with van der Waals surface area (Å²) in [6.45, 7) is 0. The Kier molecular flexibility index (Phi) is 15.1. The van der Waals surface area contributed by atoms with Crippen molar-refractivity contribution >= 4 is 7.92 Å². The molecule has 0 amide bonds. The van der Waals surface area contributed by atoms with Crippen molar-refractivity contribution in [2.45, 2.75) is 81.2 Å². The maximum absolute atomic E-state index is 10.3. The molecule has 1 aliphatic heterocycles. The van der Waals surface area contributed by atoms with E-state index in [1.54, 1.807) is 0 Å². The minimum absolute atomic E-state index is 0. The van der Waals surface area contributed by atoms with Crippen LogP contribution in [0.15, 0.2) is 60.7 Å². The average Bonchev–Trinajstić information content (AvgIpc) is 3.56. The molecule has 1 N–H and O–H groups in total. The second-order valence-corrected chi connectivity index (χ2v) is 10.7. The molecule has 5 rings (SSSR count). The largest absolute Gasteiger partial charge is 3.00 e. The Morgan fingerprint density at radius 3 is 1.23 bits per heavy atom. The molecule has 2 aromatic rings. The number of rotatable bonds is 3. The van der Waals surface area contributed by atoms with Crippen LogP contribution in [-0.2, 0) is 36.0 Å². The molecule has 3 aliphatic rings. The predicted molar refractivity (Wildman–Crippen MR) is 125 cm³/mol. The van der Waals surface area contributed by atoms with Crippen LogP contribution in [0.5, 0.6) is 0 Å². The molecule has 0 unspecified atom stereocenters. The van der Waals surface area contributed by atoms with Crippen molar-refractivity contribution in [3.63, 3.8) is 0 Å². The zero-order valence-corrected chi connectivity index (χ0v) is 22.1. The van der Waals surface area contributed by atoms with Crippen LogP contribution in [0.25, 0.3) is 0 Å². The maximum Gasteiger partial charge on any atom is 3.00 e. The van der Waals surface area contributed by atoms with Crippen LogP contribution >= 0.6 is 7.92 Å². The molecule has 167 valence electrons. The van der Waals surface area contributed by atoms with E-state index in [9.17, 15) is 5.11 Å². The molecule has 2 saturated carbocycles. The van der Waals surface area contributed by atoms with Gasteiger partial charge in [-0.1, -0.05) is 38.5 Å².